The molecule has 2 rings (SSSR count). The van der Waals surface area contributed by atoms with E-state index in [9.17, 15) is 4.79 Å². The van der Waals surface area contributed by atoms with E-state index in [-0.39, 0.29) is 11.7 Å². The molecule has 0 aliphatic heterocycles. The summed E-state index contributed by atoms with van der Waals surface area (Å²) in [6, 6.07) is 5.76. The number of hydrogen-bond acceptors (Lipinski definition) is 4. The molecular formula is C12H13BrN4O. The van der Waals surface area contributed by atoms with E-state index in [0.29, 0.717) is 11.2 Å². The SMILES string of the molecule is CC(C)Nc1c(C(N)=O)nnc2ccc(Br)cc12. The molecule has 3 N–H and O–H groups in total. The van der Waals surface area contributed by atoms with Crippen molar-refractivity contribution in [3.8, 4) is 0 Å². The fourth-order valence-electron chi connectivity index (χ4n) is 1.68. The molecule has 1 amide bonds. The molecule has 1 heterocycles. The highest BCUT2D eigenvalue weighted by atomic mass is 79.9. The van der Waals surface area contributed by atoms with Gasteiger partial charge in [0.1, 0.15) is 0 Å². The lowest BCUT2D eigenvalue weighted by Gasteiger charge is -2.14. The van der Waals surface area contributed by atoms with Crippen LogP contribution in [0.15, 0.2) is 22.7 Å². The lowest BCUT2D eigenvalue weighted by atomic mass is 10.1. The fourth-order valence-corrected chi connectivity index (χ4v) is 2.05. The highest BCUT2D eigenvalue weighted by Gasteiger charge is 2.15. The molecule has 1 aromatic carbocycles. The van der Waals surface area contributed by atoms with Crippen LogP contribution in [-0.4, -0.2) is 22.1 Å². The van der Waals surface area contributed by atoms with Gasteiger partial charge in [0.25, 0.3) is 5.91 Å². The Morgan fingerprint density at radius 3 is 2.72 bits per heavy atom. The molecule has 18 heavy (non-hydrogen) atoms. The number of hydrogen-bond donors (Lipinski definition) is 2. The van der Waals surface area contributed by atoms with Gasteiger partial charge in [-0.25, -0.2) is 0 Å². The molecule has 0 unspecified atom stereocenters. The second-order valence-electron chi connectivity index (χ2n) is 4.25. The van der Waals surface area contributed by atoms with Crippen LogP contribution in [0, 0.1) is 0 Å². The summed E-state index contributed by atoms with van der Waals surface area (Å²) in [6.45, 7) is 3.96. The minimum absolute atomic E-state index is 0.161. The predicted octanol–water partition coefficient (Wildman–Crippen LogP) is 2.31. The van der Waals surface area contributed by atoms with E-state index >= 15 is 0 Å². The number of carbonyl (C=O) groups excluding carboxylic acids is 1. The van der Waals surface area contributed by atoms with Crippen molar-refractivity contribution in [1.29, 1.82) is 0 Å². The van der Waals surface area contributed by atoms with Gasteiger partial charge in [0.2, 0.25) is 0 Å². The van der Waals surface area contributed by atoms with Crippen LogP contribution in [0.4, 0.5) is 5.69 Å². The number of rotatable bonds is 3. The number of nitrogens with two attached hydrogens (primary N) is 1. The highest BCUT2D eigenvalue weighted by molar-refractivity contribution is 9.10. The van der Waals surface area contributed by atoms with Crippen molar-refractivity contribution in [2.45, 2.75) is 19.9 Å². The second-order valence-corrected chi connectivity index (χ2v) is 5.16. The third-order valence-corrected chi connectivity index (χ3v) is 2.88. The topological polar surface area (TPSA) is 80.9 Å². The van der Waals surface area contributed by atoms with Gasteiger partial charge in [-0.2, -0.15) is 0 Å². The second kappa shape index (κ2) is 4.89. The van der Waals surface area contributed by atoms with Crippen molar-refractivity contribution >= 4 is 38.4 Å². The molecule has 0 saturated heterocycles. The Bertz CT molecular complexity index is 612. The minimum atomic E-state index is -0.590. The molecule has 0 aliphatic carbocycles. The number of carbonyl (C=O) groups is 1. The van der Waals surface area contributed by atoms with Crippen LogP contribution >= 0.6 is 15.9 Å². The number of anilines is 1. The van der Waals surface area contributed by atoms with Gasteiger partial charge in [0.15, 0.2) is 5.69 Å². The van der Waals surface area contributed by atoms with E-state index in [0.717, 1.165) is 9.86 Å². The van der Waals surface area contributed by atoms with Crippen molar-refractivity contribution in [3.63, 3.8) is 0 Å². The van der Waals surface area contributed by atoms with Gasteiger partial charge < -0.3 is 11.1 Å². The quantitative estimate of drug-likeness (QED) is 0.911. The van der Waals surface area contributed by atoms with E-state index in [1.165, 1.54) is 0 Å². The molecule has 5 nitrogen and oxygen atoms in total. The summed E-state index contributed by atoms with van der Waals surface area (Å²) in [6.07, 6.45) is 0. The van der Waals surface area contributed by atoms with Crippen LogP contribution in [0.2, 0.25) is 0 Å². The van der Waals surface area contributed by atoms with Crippen LogP contribution in [0.5, 0.6) is 0 Å². The molecule has 0 aliphatic rings. The number of fused-ring (bicyclic) bond motifs is 1. The van der Waals surface area contributed by atoms with E-state index in [2.05, 4.69) is 31.4 Å². The first-order valence-electron chi connectivity index (χ1n) is 5.51. The van der Waals surface area contributed by atoms with Gasteiger partial charge in [-0.3, -0.25) is 4.79 Å². The zero-order valence-electron chi connectivity index (χ0n) is 10.1. The lowest BCUT2D eigenvalue weighted by molar-refractivity contribution is 0.0995. The third-order valence-electron chi connectivity index (χ3n) is 2.39. The molecule has 0 fully saturated rings. The monoisotopic (exact) mass is 308 g/mol. The lowest BCUT2D eigenvalue weighted by Crippen LogP contribution is -2.20. The van der Waals surface area contributed by atoms with Crippen LogP contribution in [0.1, 0.15) is 24.3 Å². The van der Waals surface area contributed by atoms with Crippen LogP contribution in [0.25, 0.3) is 10.9 Å². The van der Waals surface area contributed by atoms with Gasteiger partial charge in [-0.05, 0) is 32.0 Å². The van der Waals surface area contributed by atoms with Gasteiger partial charge in [-0.15, -0.1) is 10.2 Å². The van der Waals surface area contributed by atoms with Crippen molar-refractivity contribution < 1.29 is 4.79 Å². The average Bonchev–Trinajstić information content (AvgIpc) is 2.28. The largest absolute Gasteiger partial charge is 0.380 e. The Labute approximate surface area is 113 Å². The zero-order valence-corrected chi connectivity index (χ0v) is 11.7. The summed E-state index contributed by atoms with van der Waals surface area (Å²) in [5.41, 5.74) is 6.83. The maximum absolute atomic E-state index is 11.4. The first-order valence-corrected chi connectivity index (χ1v) is 6.30. The van der Waals surface area contributed by atoms with Gasteiger partial charge in [-0.1, -0.05) is 15.9 Å². The number of primary amides is 1. The predicted molar refractivity (Wildman–Crippen MR) is 74.5 cm³/mol. The van der Waals surface area contributed by atoms with Crippen molar-refractivity contribution in [3.05, 3.63) is 28.4 Å². The number of amides is 1. The summed E-state index contributed by atoms with van der Waals surface area (Å²) in [4.78, 5) is 11.4. The molecule has 0 spiro atoms. The molecule has 94 valence electrons. The Kier molecular flexibility index (Phi) is 3.47. The Morgan fingerprint density at radius 2 is 2.11 bits per heavy atom. The molecule has 0 saturated carbocycles. The normalized spacial score (nSPS) is 10.9. The van der Waals surface area contributed by atoms with E-state index in [1.54, 1.807) is 0 Å². The van der Waals surface area contributed by atoms with Gasteiger partial charge in [0.05, 0.1) is 11.2 Å². The maximum Gasteiger partial charge on any atom is 0.271 e. The van der Waals surface area contributed by atoms with E-state index < -0.39 is 5.91 Å². The van der Waals surface area contributed by atoms with E-state index in [1.807, 2.05) is 32.0 Å². The summed E-state index contributed by atoms with van der Waals surface area (Å²) in [7, 11) is 0. The zero-order chi connectivity index (χ0) is 13.3. The number of nitrogens with one attached hydrogen (secondary N) is 1. The fraction of sp³-hybridized carbons (Fsp3) is 0.250. The summed E-state index contributed by atoms with van der Waals surface area (Å²) in [5.74, 6) is -0.590. The number of benzene rings is 1. The third kappa shape index (κ3) is 2.43. The smallest absolute Gasteiger partial charge is 0.271 e. The Morgan fingerprint density at radius 1 is 1.39 bits per heavy atom. The first kappa shape index (κ1) is 12.8. The van der Waals surface area contributed by atoms with Crippen LogP contribution in [-0.2, 0) is 0 Å². The van der Waals surface area contributed by atoms with Crippen molar-refractivity contribution in [2.24, 2.45) is 5.73 Å². The Hall–Kier alpha value is -1.69. The van der Waals surface area contributed by atoms with Crippen molar-refractivity contribution in [1.82, 2.24) is 10.2 Å². The molecule has 2 aromatic rings. The first-order chi connectivity index (χ1) is 8.49. The molecule has 1 aromatic heterocycles. The Balaban J connectivity index is 2.74. The number of halogens is 1. The van der Waals surface area contributed by atoms with Gasteiger partial charge >= 0.3 is 0 Å². The van der Waals surface area contributed by atoms with Crippen LogP contribution < -0.4 is 11.1 Å². The number of nitrogens with zero attached hydrogens (tertiary/aromatic N) is 2. The molecule has 0 bridgehead atoms. The van der Waals surface area contributed by atoms with Crippen molar-refractivity contribution in [2.75, 3.05) is 5.32 Å². The molecule has 0 radical (unpaired) electrons. The average molecular weight is 309 g/mol. The maximum atomic E-state index is 11.4. The molecule has 6 heteroatoms. The van der Waals surface area contributed by atoms with Gasteiger partial charge in [0, 0.05) is 15.9 Å². The molecule has 0 atom stereocenters. The summed E-state index contributed by atoms with van der Waals surface area (Å²) in [5, 5.41) is 11.9. The van der Waals surface area contributed by atoms with Crippen LogP contribution in [0.3, 0.4) is 0 Å². The summed E-state index contributed by atoms with van der Waals surface area (Å²) < 4.78 is 0.908. The minimum Gasteiger partial charge on any atom is -0.380 e. The molecular weight excluding hydrogens is 296 g/mol. The standard InChI is InChI=1S/C12H13BrN4O/c1-6(2)15-10-8-5-7(13)3-4-9(8)16-17-11(10)12(14)18/h3-6H,1-2H3,(H2,14,18)(H,15,16). The highest BCUT2D eigenvalue weighted by Crippen LogP contribution is 2.27. The van der Waals surface area contributed by atoms with E-state index in [4.69, 9.17) is 5.73 Å². The summed E-state index contributed by atoms with van der Waals surface area (Å²) >= 11 is 3.40. The number of aromatic nitrogens is 2.